The Morgan fingerprint density at radius 2 is 1.76 bits per heavy atom. The summed E-state index contributed by atoms with van der Waals surface area (Å²) in [6, 6.07) is 3.11. The number of nitrogens with zero attached hydrogens (tertiary/aromatic N) is 1. The number of nitriles is 1. The number of hydrogen-bond acceptors (Lipinski definition) is 3. The third-order valence-electron chi connectivity index (χ3n) is 4.42. The number of rotatable bonds is 3. The van der Waals surface area contributed by atoms with E-state index in [-0.39, 0.29) is 5.54 Å². The Labute approximate surface area is 105 Å². The first kappa shape index (κ1) is 12.9. The van der Waals surface area contributed by atoms with Gasteiger partial charge in [-0.2, -0.15) is 5.26 Å². The van der Waals surface area contributed by atoms with Crippen LogP contribution in [-0.4, -0.2) is 24.8 Å². The van der Waals surface area contributed by atoms with E-state index in [1.807, 2.05) is 0 Å². The normalized spacial score (nSPS) is 35.4. The maximum Gasteiger partial charge on any atom is 0.107 e. The molecule has 0 aliphatic heterocycles. The van der Waals surface area contributed by atoms with E-state index in [9.17, 15) is 5.26 Å². The maximum absolute atomic E-state index is 9.48. The van der Waals surface area contributed by atoms with Crippen LogP contribution in [0.1, 0.15) is 57.8 Å². The van der Waals surface area contributed by atoms with E-state index >= 15 is 0 Å². The van der Waals surface area contributed by atoms with E-state index in [4.69, 9.17) is 4.74 Å². The summed E-state index contributed by atoms with van der Waals surface area (Å²) in [7, 11) is 1.78. The quantitative estimate of drug-likeness (QED) is 0.819. The van der Waals surface area contributed by atoms with Gasteiger partial charge in [-0.1, -0.05) is 19.3 Å². The fourth-order valence-corrected chi connectivity index (χ4v) is 3.25. The Kier molecular flexibility index (Phi) is 4.42. The van der Waals surface area contributed by atoms with Gasteiger partial charge in [-0.15, -0.1) is 0 Å². The van der Waals surface area contributed by atoms with Gasteiger partial charge in [0.05, 0.1) is 12.2 Å². The van der Waals surface area contributed by atoms with E-state index in [1.165, 1.54) is 32.1 Å². The molecule has 2 aliphatic carbocycles. The van der Waals surface area contributed by atoms with Crippen molar-refractivity contribution in [2.24, 2.45) is 0 Å². The zero-order valence-corrected chi connectivity index (χ0v) is 10.9. The lowest BCUT2D eigenvalue weighted by Gasteiger charge is -2.39. The molecule has 17 heavy (non-hydrogen) atoms. The smallest absolute Gasteiger partial charge is 0.107 e. The van der Waals surface area contributed by atoms with Crippen LogP contribution in [0.2, 0.25) is 0 Å². The summed E-state index contributed by atoms with van der Waals surface area (Å²) in [6.45, 7) is 0. The summed E-state index contributed by atoms with van der Waals surface area (Å²) in [5.41, 5.74) is -0.267. The van der Waals surface area contributed by atoms with E-state index in [2.05, 4.69) is 11.4 Å². The SMILES string of the molecule is COC1CCC(C#N)(NC2CCCCC2)CC1. The molecule has 0 radical (unpaired) electrons. The van der Waals surface area contributed by atoms with E-state index < -0.39 is 0 Å². The van der Waals surface area contributed by atoms with Crippen molar-refractivity contribution in [3.05, 3.63) is 0 Å². The lowest BCUT2D eigenvalue weighted by Crippen LogP contribution is -2.52. The minimum Gasteiger partial charge on any atom is -0.381 e. The lowest BCUT2D eigenvalue weighted by atomic mass is 9.80. The van der Waals surface area contributed by atoms with Gasteiger partial charge in [-0.3, -0.25) is 5.32 Å². The standard InChI is InChI=1S/C14H24N2O/c1-17-13-7-9-14(11-15,10-8-13)16-12-5-3-2-4-6-12/h12-13,16H,2-10H2,1H3. The van der Waals surface area contributed by atoms with Crippen molar-refractivity contribution in [3.63, 3.8) is 0 Å². The third kappa shape index (κ3) is 3.20. The van der Waals surface area contributed by atoms with Crippen molar-refractivity contribution in [1.29, 1.82) is 5.26 Å². The minimum atomic E-state index is -0.267. The second-order valence-corrected chi connectivity index (χ2v) is 5.61. The molecular formula is C14H24N2O. The lowest BCUT2D eigenvalue weighted by molar-refractivity contribution is 0.0491. The molecule has 0 unspecified atom stereocenters. The fourth-order valence-electron chi connectivity index (χ4n) is 3.25. The molecule has 0 saturated heterocycles. The molecule has 3 heteroatoms. The molecule has 0 spiro atoms. The van der Waals surface area contributed by atoms with Crippen molar-refractivity contribution in [3.8, 4) is 6.07 Å². The number of hydrogen-bond donors (Lipinski definition) is 1. The van der Waals surface area contributed by atoms with Crippen LogP contribution in [0.3, 0.4) is 0 Å². The summed E-state index contributed by atoms with van der Waals surface area (Å²) in [6.07, 6.45) is 10.8. The van der Waals surface area contributed by atoms with Crippen molar-refractivity contribution >= 4 is 0 Å². The van der Waals surface area contributed by atoms with Crippen molar-refractivity contribution in [2.75, 3.05) is 7.11 Å². The Hall–Kier alpha value is -0.590. The molecule has 96 valence electrons. The van der Waals surface area contributed by atoms with Crippen molar-refractivity contribution < 1.29 is 4.74 Å². The summed E-state index contributed by atoms with van der Waals surface area (Å²) in [4.78, 5) is 0. The molecule has 0 aromatic rings. The molecule has 2 fully saturated rings. The van der Waals surface area contributed by atoms with Gasteiger partial charge >= 0.3 is 0 Å². The average Bonchev–Trinajstić information content (AvgIpc) is 2.41. The van der Waals surface area contributed by atoms with Gasteiger partial charge in [0.1, 0.15) is 5.54 Å². The number of ether oxygens (including phenoxy) is 1. The summed E-state index contributed by atoms with van der Waals surface area (Å²) < 4.78 is 5.38. The summed E-state index contributed by atoms with van der Waals surface area (Å²) in [5, 5.41) is 13.1. The van der Waals surface area contributed by atoms with Crippen LogP contribution in [0.4, 0.5) is 0 Å². The van der Waals surface area contributed by atoms with Crippen LogP contribution >= 0.6 is 0 Å². The summed E-state index contributed by atoms with van der Waals surface area (Å²) >= 11 is 0. The molecular weight excluding hydrogens is 212 g/mol. The first-order valence-electron chi connectivity index (χ1n) is 7.00. The molecule has 0 amide bonds. The highest BCUT2D eigenvalue weighted by atomic mass is 16.5. The highest BCUT2D eigenvalue weighted by molar-refractivity contribution is 5.10. The summed E-state index contributed by atoms with van der Waals surface area (Å²) in [5.74, 6) is 0. The minimum absolute atomic E-state index is 0.267. The van der Waals surface area contributed by atoms with Crippen LogP contribution in [0, 0.1) is 11.3 Å². The Bertz CT molecular complexity index is 270. The van der Waals surface area contributed by atoms with Crippen molar-refractivity contribution in [1.82, 2.24) is 5.32 Å². The molecule has 0 atom stereocenters. The van der Waals surface area contributed by atoms with Crippen molar-refractivity contribution in [2.45, 2.75) is 75.5 Å². The third-order valence-corrected chi connectivity index (χ3v) is 4.42. The zero-order chi connectivity index (χ0) is 12.1. The molecule has 2 saturated carbocycles. The Morgan fingerprint density at radius 3 is 2.29 bits per heavy atom. The first-order chi connectivity index (χ1) is 8.28. The van der Waals surface area contributed by atoms with E-state index in [0.717, 1.165) is 25.7 Å². The molecule has 1 N–H and O–H groups in total. The Balaban J connectivity index is 1.89. The maximum atomic E-state index is 9.48. The molecule has 0 bridgehead atoms. The number of methoxy groups -OCH3 is 1. The van der Waals surface area contributed by atoms with Gasteiger partial charge in [-0.05, 0) is 38.5 Å². The predicted molar refractivity (Wildman–Crippen MR) is 67.6 cm³/mol. The molecule has 2 rings (SSSR count). The topological polar surface area (TPSA) is 45.0 Å². The van der Waals surface area contributed by atoms with Gasteiger partial charge in [0.25, 0.3) is 0 Å². The van der Waals surface area contributed by atoms with Crippen LogP contribution in [-0.2, 0) is 4.74 Å². The van der Waals surface area contributed by atoms with Crippen LogP contribution in [0.25, 0.3) is 0 Å². The van der Waals surface area contributed by atoms with E-state index in [1.54, 1.807) is 7.11 Å². The monoisotopic (exact) mass is 236 g/mol. The predicted octanol–water partition coefficient (Wildman–Crippen LogP) is 2.76. The highest BCUT2D eigenvalue weighted by Gasteiger charge is 2.37. The molecule has 2 aliphatic rings. The highest BCUT2D eigenvalue weighted by Crippen LogP contribution is 2.31. The van der Waals surface area contributed by atoms with Crippen LogP contribution < -0.4 is 5.32 Å². The zero-order valence-electron chi connectivity index (χ0n) is 10.9. The van der Waals surface area contributed by atoms with Crippen LogP contribution in [0.15, 0.2) is 0 Å². The van der Waals surface area contributed by atoms with Gasteiger partial charge in [0.2, 0.25) is 0 Å². The van der Waals surface area contributed by atoms with Gasteiger partial charge in [0.15, 0.2) is 0 Å². The molecule has 0 aromatic carbocycles. The second-order valence-electron chi connectivity index (χ2n) is 5.61. The molecule has 3 nitrogen and oxygen atoms in total. The van der Waals surface area contributed by atoms with Crippen LogP contribution in [0.5, 0.6) is 0 Å². The first-order valence-corrected chi connectivity index (χ1v) is 7.00. The average molecular weight is 236 g/mol. The van der Waals surface area contributed by atoms with E-state index in [0.29, 0.717) is 12.1 Å². The van der Waals surface area contributed by atoms with Gasteiger partial charge in [-0.25, -0.2) is 0 Å². The molecule has 0 aromatic heterocycles. The number of nitrogens with one attached hydrogen (secondary N) is 1. The fraction of sp³-hybridized carbons (Fsp3) is 0.929. The largest absolute Gasteiger partial charge is 0.381 e. The van der Waals surface area contributed by atoms with Gasteiger partial charge < -0.3 is 4.74 Å². The van der Waals surface area contributed by atoms with Gasteiger partial charge in [0, 0.05) is 13.2 Å². The Morgan fingerprint density at radius 1 is 1.12 bits per heavy atom. The second kappa shape index (κ2) is 5.84. The molecule has 0 heterocycles.